The molecule has 0 aromatic heterocycles. The van der Waals surface area contributed by atoms with Crippen LogP contribution in [0.1, 0.15) is 39.7 Å². The molecular formula is C13H19Cl. The van der Waals surface area contributed by atoms with E-state index in [9.17, 15) is 0 Å². The van der Waals surface area contributed by atoms with E-state index in [1.54, 1.807) is 0 Å². The first-order valence-corrected chi connectivity index (χ1v) is 5.43. The van der Waals surface area contributed by atoms with Crippen LogP contribution in [0.5, 0.6) is 0 Å². The number of hydrogen-bond donors (Lipinski definition) is 0. The maximum Gasteiger partial charge on any atom is 0.0399 e. The topological polar surface area (TPSA) is 0 Å². The summed E-state index contributed by atoms with van der Waals surface area (Å²) in [6.07, 6.45) is 0.978. The zero-order valence-electron chi connectivity index (χ0n) is 9.47. The van der Waals surface area contributed by atoms with Gasteiger partial charge in [-0.1, -0.05) is 44.2 Å². The normalized spacial score (nSPS) is 12.9. The van der Waals surface area contributed by atoms with Gasteiger partial charge in [0.05, 0.1) is 0 Å². The predicted octanol–water partition coefficient (Wildman–Crippen LogP) is 4.37. The molecule has 0 spiro atoms. The van der Waals surface area contributed by atoms with Crippen LogP contribution in [-0.2, 0) is 5.41 Å². The molecule has 0 fully saturated rings. The Hall–Kier alpha value is -0.490. The van der Waals surface area contributed by atoms with Crippen molar-refractivity contribution in [3.05, 3.63) is 35.9 Å². The van der Waals surface area contributed by atoms with Crippen molar-refractivity contribution in [1.29, 1.82) is 0 Å². The smallest absolute Gasteiger partial charge is 0.0399 e. The standard InChI is InChI=1S/C13H19Cl/c1-12(2,10-13(3,4)14)11-8-6-5-7-9-11/h5-9H,10H2,1-4H3. The number of halogens is 1. The van der Waals surface area contributed by atoms with Crippen LogP contribution in [0.25, 0.3) is 0 Å². The monoisotopic (exact) mass is 210 g/mol. The van der Waals surface area contributed by atoms with Crippen LogP contribution in [0.2, 0.25) is 0 Å². The summed E-state index contributed by atoms with van der Waals surface area (Å²) < 4.78 is 0. The van der Waals surface area contributed by atoms with Crippen molar-refractivity contribution < 1.29 is 0 Å². The van der Waals surface area contributed by atoms with Gasteiger partial charge in [-0.25, -0.2) is 0 Å². The van der Waals surface area contributed by atoms with Gasteiger partial charge in [0.15, 0.2) is 0 Å². The SMILES string of the molecule is CC(C)(Cl)CC(C)(C)c1ccccc1. The lowest BCUT2D eigenvalue weighted by atomic mass is 9.78. The van der Waals surface area contributed by atoms with E-state index < -0.39 is 0 Å². The van der Waals surface area contributed by atoms with Crippen molar-refractivity contribution in [1.82, 2.24) is 0 Å². The minimum atomic E-state index is -0.140. The molecule has 0 atom stereocenters. The molecule has 0 radical (unpaired) electrons. The maximum atomic E-state index is 6.27. The van der Waals surface area contributed by atoms with Gasteiger partial charge < -0.3 is 0 Å². The molecule has 0 bridgehead atoms. The molecule has 0 aliphatic heterocycles. The molecule has 1 aromatic rings. The van der Waals surface area contributed by atoms with Crippen molar-refractivity contribution in [2.75, 3.05) is 0 Å². The molecule has 0 aliphatic rings. The molecule has 0 aliphatic carbocycles. The Bertz CT molecular complexity index is 280. The average Bonchev–Trinajstić information content (AvgIpc) is 2.01. The van der Waals surface area contributed by atoms with Gasteiger partial charge in [-0.3, -0.25) is 0 Å². The van der Waals surface area contributed by atoms with Crippen molar-refractivity contribution >= 4 is 11.6 Å². The van der Waals surface area contributed by atoms with Crippen molar-refractivity contribution in [3.8, 4) is 0 Å². The molecule has 1 heteroatoms. The Labute approximate surface area is 92.3 Å². The van der Waals surface area contributed by atoms with Crippen LogP contribution in [-0.4, -0.2) is 4.87 Å². The molecule has 1 rings (SSSR count). The summed E-state index contributed by atoms with van der Waals surface area (Å²) in [5.74, 6) is 0. The fourth-order valence-electron chi connectivity index (χ4n) is 2.04. The first kappa shape index (κ1) is 11.6. The predicted molar refractivity (Wildman–Crippen MR) is 64.0 cm³/mol. The molecular weight excluding hydrogens is 192 g/mol. The zero-order valence-corrected chi connectivity index (χ0v) is 10.2. The van der Waals surface area contributed by atoms with E-state index in [2.05, 4.69) is 52.0 Å². The number of rotatable bonds is 3. The molecule has 0 N–H and O–H groups in total. The molecule has 14 heavy (non-hydrogen) atoms. The van der Waals surface area contributed by atoms with E-state index in [1.165, 1.54) is 5.56 Å². The molecule has 0 amide bonds. The van der Waals surface area contributed by atoms with Crippen LogP contribution in [0.3, 0.4) is 0 Å². The average molecular weight is 211 g/mol. The Balaban J connectivity index is 2.86. The first-order valence-electron chi connectivity index (χ1n) is 5.06. The summed E-state index contributed by atoms with van der Waals surface area (Å²) in [5.41, 5.74) is 1.50. The van der Waals surface area contributed by atoms with Gasteiger partial charge in [0.2, 0.25) is 0 Å². The van der Waals surface area contributed by atoms with E-state index in [1.807, 2.05) is 6.07 Å². The quantitative estimate of drug-likeness (QED) is 0.650. The highest BCUT2D eigenvalue weighted by Gasteiger charge is 2.28. The number of hydrogen-bond acceptors (Lipinski definition) is 0. The van der Waals surface area contributed by atoms with E-state index in [4.69, 9.17) is 11.6 Å². The summed E-state index contributed by atoms with van der Waals surface area (Å²) in [5, 5.41) is 0. The minimum Gasteiger partial charge on any atom is -0.120 e. The van der Waals surface area contributed by atoms with Gasteiger partial charge in [0, 0.05) is 4.87 Å². The van der Waals surface area contributed by atoms with Gasteiger partial charge in [-0.2, -0.15) is 0 Å². The summed E-state index contributed by atoms with van der Waals surface area (Å²) in [7, 11) is 0. The fourth-order valence-corrected chi connectivity index (χ4v) is 2.38. The van der Waals surface area contributed by atoms with Crippen molar-refractivity contribution in [2.24, 2.45) is 0 Å². The highest BCUT2D eigenvalue weighted by atomic mass is 35.5. The van der Waals surface area contributed by atoms with Crippen molar-refractivity contribution in [2.45, 2.75) is 44.4 Å². The lowest BCUT2D eigenvalue weighted by Crippen LogP contribution is -2.27. The van der Waals surface area contributed by atoms with E-state index in [-0.39, 0.29) is 10.3 Å². The third-order valence-electron chi connectivity index (χ3n) is 2.42. The Morgan fingerprint density at radius 2 is 1.50 bits per heavy atom. The third kappa shape index (κ3) is 3.34. The summed E-state index contributed by atoms with van der Waals surface area (Å²) >= 11 is 6.27. The van der Waals surface area contributed by atoms with E-state index in [0.29, 0.717) is 0 Å². The van der Waals surface area contributed by atoms with Crippen LogP contribution >= 0.6 is 11.6 Å². The van der Waals surface area contributed by atoms with Gasteiger partial charge in [0.25, 0.3) is 0 Å². The lowest BCUT2D eigenvalue weighted by molar-refractivity contribution is 0.420. The van der Waals surface area contributed by atoms with Crippen LogP contribution in [0.15, 0.2) is 30.3 Å². The van der Waals surface area contributed by atoms with Crippen molar-refractivity contribution in [3.63, 3.8) is 0 Å². The molecule has 0 saturated carbocycles. The second-order valence-electron chi connectivity index (χ2n) is 5.15. The highest BCUT2D eigenvalue weighted by Crippen LogP contribution is 2.34. The molecule has 0 unspecified atom stereocenters. The second kappa shape index (κ2) is 3.94. The molecule has 0 saturated heterocycles. The molecule has 0 heterocycles. The zero-order chi connectivity index (χ0) is 10.8. The lowest BCUT2D eigenvalue weighted by Gasteiger charge is -2.31. The van der Waals surface area contributed by atoms with Crippen LogP contribution in [0, 0.1) is 0 Å². The summed E-state index contributed by atoms with van der Waals surface area (Å²) in [6, 6.07) is 10.5. The van der Waals surface area contributed by atoms with E-state index in [0.717, 1.165) is 6.42 Å². The third-order valence-corrected chi connectivity index (χ3v) is 2.55. The largest absolute Gasteiger partial charge is 0.120 e. The van der Waals surface area contributed by atoms with Gasteiger partial charge in [0.1, 0.15) is 0 Å². The number of alkyl halides is 1. The second-order valence-corrected chi connectivity index (χ2v) is 6.17. The highest BCUT2D eigenvalue weighted by molar-refractivity contribution is 6.23. The van der Waals surface area contributed by atoms with Gasteiger partial charge >= 0.3 is 0 Å². The first-order chi connectivity index (χ1) is 6.31. The summed E-state index contributed by atoms with van der Waals surface area (Å²) in [4.78, 5) is -0.140. The van der Waals surface area contributed by atoms with Gasteiger partial charge in [-0.15, -0.1) is 11.6 Å². The van der Waals surface area contributed by atoms with Gasteiger partial charge in [-0.05, 0) is 31.2 Å². The maximum absolute atomic E-state index is 6.27. The summed E-state index contributed by atoms with van der Waals surface area (Å²) in [6.45, 7) is 8.62. The van der Waals surface area contributed by atoms with Crippen LogP contribution < -0.4 is 0 Å². The molecule has 1 aromatic carbocycles. The fraction of sp³-hybridized carbons (Fsp3) is 0.538. The Morgan fingerprint density at radius 1 is 1.00 bits per heavy atom. The Kier molecular flexibility index (Phi) is 3.26. The molecule has 78 valence electrons. The minimum absolute atomic E-state index is 0.140. The number of benzene rings is 1. The Morgan fingerprint density at radius 3 is 1.93 bits per heavy atom. The van der Waals surface area contributed by atoms with E-state index >= 15 is 0 Å². The van der Waals surface area contributed by atoms with Crippen LogP contribution in [0.4, 0.5) is 0 Å². The molecule has 0 nitrogen and oxygen atoms in total.